The summed E-state index contributed by atoms with van der Waals surface area (Å²) < 4.78 is 7.54. The molecule has 2 aliphatic rings. The topological polar surface area (TPSA) is 58.9 Å². The van der Waals surface area contributed by atoms with Gasteiger partial charge in [0, 0.05) is 44.1 Å². The third kappa shape index (κ3) is 2.96. The number of aryl methyl sites for hydroxylation is 1. The average molecular weight is 362 g/mol. The molecule has 0 radical (unpaired) electrons. The molecule has 2 aromatic heterocycles. The summed E-state index contributed by atoms with van der Waals surface area (Å²) in [5, 5.41) is 7.95. The van der Waals surface area contributed by atoms with Gasteiger partial charge in [-0.1, -0.05) is 6.07 Å². The molecule has 1 N–H and O–H groups in total. The third-order valence-corrected chi connectivity index (χ3v) is 5.45. The normalized spacial score (nSPS) is 19.8. The van der Waals surface area contributed by atoms with Crippen LogP contribution in [0.2, 0.25) is 0 Å². The van der Waals surface area contributed by atoms with Crippen molar-refractivity contribution in [2.24, 2.45) is 0 Å². The van der Waals surface area contributed by atoms with Gasteiger partial charge < -0.3 is 15.0 Å². The van der Waals surface area contributed by atoms with E-state index in [1.807, 2.05) is 35.8 Å². The number of benzene rings is 1. The van der Waals surface area contributed by atoms with E-state index in [1.165, 1.54) is 5.56 Å². The van der Waals surface area contributed by atoms with Crippen LogP contribution >= 0.6 is 0 Å². The fraction of sp³-hybridized carbons (Fsp3) is 0.333. The summed E-state index contributed by atoms with van der Waals surface area (Å²) in [6.45, 7) is 5.94. The molecular formula is C21H22N4O2. The van der Waals surface area contributed by atoms with Gasteiger partial charge in [-0.2, -0.15) is 5.10 Å². The number of hydrogen-bond donors (Lipinski definition) is 1. The second-order valence-electron chi connectivity index (χ2n) is 7.35. The van der Waals surface area contributed by atoms with Crippen LogP contribution in [0.4, 0.5) is 5.69 Å². The highest BCUT2D eigenvalue weighted by molar-refractivity contribution is 5.83. The Morgan fingerprint density at radius 2 is 2.00 bits per heavy atom. The van der Waals surface area contributed by atoms with Crippen molar-refractivity contribution in [1.82, 2.24) is 14.9 Å². The first kappa shape index (κ1) is 16.3. The Labute approximate surface area is 157 Å². The van der Waals surface area contributed by atoms with Crippen LogP contribution in [0, 0.1) is 6.92 Å². The first-order valence-corrected chi connectivity index (χ1v) is 9.43. The zero-order valence-electron chi connectivity index (χ0n) is 15.3. The lowest BCUT2D eigenvalue weighted by atomic mass is 9.93. The molecule has 138 valence electrons. The number of rotatable bonds is 2. The molecule has 27 heavy (non-hydrogen) atoms. The first-order chi connectivity index (χ1) is 13.2. The van der Waals surface area contributed by atoms with Crippen LogP contribution < -0.4 is 15.0 Å². The fourth-order valence-corrected chi connectivity index (χ4v) is 3.93. The van der Waals surface area contributed by atoms with Crippen molar-refractivity contribution >= 4 is 17.2 Å². The van der Waals surface area contributed by atoms with Crippen LogP contribution in [0.25, 0.3) is 5.52 Å². The molecule has 1 aromatic carbocycles. The van der Waals surface area contributed by atoms with Crippen LogP contribution in [0.1, 0.15) is 22.7 Å². The van der Waals surface area contributed by atoms with Gasteiger partial charge in [0.2, 0.25) is 0 Å². The highest BCUT2D eigenvalue weighted by atomic mass is 16.5. The number of hydrogen-bond acceptors (Lipinski definition) is 5. The SMILES string of the molecule is Cc1ccn2nc(C3Cc4ccc(N5CCNCC5)cc4OC3=O)cc2c1. The first-order valence-electron chi connectivity index (χ1n) is 9.43. The van der Waals surface area contributed by atoms with Crippen molar-refractivity contribution in [3.8, 4) is 5.75 Å². The molecule has 1 atom stereocenters. The summed E-state index contributed by atoms with van der Waals surface area (Å²) in [6, 6.07) is 12.3. The van der Waals surface area contributed by atoms with E-state index in [0.717, 1.165) is 48.6 Å². The Bertz CT molecular complexity index is 1020. The third-order valence-electron chi connectivity index (χ3n) is 5.45. The maximum absolute atomic E-state index is 12.7. The quantitative estimate of drug-likeness (QED) is 0.560. The smallest absolute Gasteiger partial charge is 0.320 e. The van der Waals surface area contributed by atoms with E-state index in [0.29, 0.717) is 12.2 Å². The largest absolute Gasteiger partial charge is 0.426 e. The molecule has 1 unspecified atom stereocenters. The predicted octanol–water partition coefficient (Wildman–Crippen LogP) is 2.30. The second-order valence-corrected chi connectivity index (χ2v) is 7.35. The van der Waals surface area contributed by atoms with Crippen molar-refractivity contribution < 1.29 is 9.53 Å². The number of esters is 1. The van der Waals surface area contributed by atoms with Gasteiger partial charge in [-0.05, 0) is 48.7 Å². The maximum atomic E-state index is 12.7. The minimum absolute atomic E-state index is 0.222. The zero-order chi connectivity index (χ0) is 18.4. The molecule has 0 amide bonds. The molecular weight excluding hydrogens is 340 g/mol. The molecule has 2 aliphatic heterocycles. The number of ether oxygens (including phenoxy) is 1. The minimum atomic E-state index is -0.359. The van der Waals surface area contributed by atoms with Gasteiger partial charge in [-0.3, -0.25) is 4.79 Å². The Hall–Kier alpha value is -2.86. The molecule has 0 bridgehead atoms. The lowest BCUT2D eigenvalue weighted by Crippen LogP contribution is -2.43. The van der Waals surface area contributed by atoms with E-state index in [9.17, 15) is 4.79 Å². The molecule has 0 aliphatic carbocycles. The molecule has 6 heteroatoms. The number of nitrogens with zero attached hydrogens (tertiary/aromatic N) is 3. The lowest BCUT2D eigenvalue weighted by molar-refractivity contribution is -0.137. The van der Waals surface area contributed by atoms with Crippen molar-refractivity contribution in [3.63, 3.8) is 0 Å². The summed E-state index contributed by atoms with van der Waals surface area (Å²) in [6.07, 6.45) is 2.55. The predicted molar refractivity (Wildman–Crippen MR) is 104 cm³/mol. The van der Waals surface area contributed by atoms with E-state index in [-0.39, 0.29) is 11.9 Å². The van der Waals surface area contributed by atoms with E-state index in [1.54, 1.807) is 0 Å². The van der Waals surface area contributed by atoms with Crippen LogP contribution in [-0.2, 0) is 11.2 Å². The molecule has 0 saturated carbocycles. The number of anilines is 1. The van der Waals surface area contributed by atoms with Crippen molar-refractivity contribution in [2.75, 3.05) is 31.1 Å². The molecule has 1 fully saturated rings. The number of carbonyl (C=O) groups excluding carboxylic acids is 1. The van der Waals surface area contributed by atoms with Crippen molar-refractivity contribution in [1.29, 1.82) is 0 Å². The summed E-state index contributed by atoms with van der Waals surface area (Å²) in [4.78, 5) is 15.0. The Balaban J connectivity index is 1.44. The molecule has 1 saturated heterocycles. The summed E-state index contributed by atoms with van der Waals surface area (Å²) >= 11 is 0. The van der Waals surface area contributed by atoms with Crippen molar-refractivity contribution in [2.45, 2.75) is 19.3 Å². The minimum Gasteiger partial charge on any atom is -0.426 e. The Morgan fingerprint density at radius 3 is 2.85 bits per heavy atom. The Kier molecular flexibility index (Phi) is 3.86. The number of piperazine rings is 1. The van der Waals surface area contributed by atoms with Crippen LogP contribution in [0.3, 0.4) is 0 Å². The second kappa shape index (κ2) is 6.39. The van der Waals surface area contributed by atoms with E-state index in [2.05, 4.69) is 33.5 Å². The van der Waals surface area contributed by atoms with Gasteiger partial charge in [0.15, 0.2) is 0 Å². The summed E-state index contributed by atoms with van der Waals surface area (Å²) in [5.41, 5.74) is 5.11. The van der Waals surface area contributed by atoms with Gasteiger partial charge >= 0.3 is 5.97 Å². The van der Waals surface area contributed by atoms with Crippen molar-refractivity contribution in [3.05, 3.63) is 59.4 Å². The average Bonchev–Trinajstić information content (AvgIpc) is 3.10. The van der Waals surface area contributed by atoms with Gasteiger partial charge in [0.1, 0.15) is 11.7 Å². The number of fused-ring (bicyclic) bond motifs is 2. The molecule has 3 aromatic rings. The monoisotopic (exact) mass is 362 g/mol. The van der Waals surface area contributed by atoms with Gasteiger partial charge in [-0.15, -0.1) is 0 Å². The summed E-state index contributed by atoms with van der Waals surface area (Å²) in [5.74, 6) is 0.106. The van der Waals surface area contributed by atoms with Gasteiger partial charge in [-0.25, -0.2) is 4.52 Å². The zero-order valence-corrected chi connectivity index (χ0v) is 15.3. The summed E-state index contributed by atoms with van der Waals surface area (Å²) in [7, 11) is 0. The van der Waals surface area contributed by atoms with E-state index >= 15 is 0 Å². The van der Waals surface area contributed by atoms with Crippen LogP contribution in [0.15, 0.2) is 42.6 Å². The van der Waals surface area contributed by atoms with E-state index in [4.69, 9.17) is 4.74 Å². The van der Waals surface area contributed by atoms with Gasteiger partial charge in [0.25, 0.3) is 0 Å². The molecule has 0 spiro atoms. The van der Waals surface area contributed by atoms with E-state index < -0.39 is 0 Å². The van der Waals surface area contributed by atoms with Crippen LogP contribution in [-0.4, -0.2) is 41.8 Å². The lowest BCUT2D eigenvalue weighted by Gasteiger charge is -2.31. The Morgan fingerprint density at radius 1 is 1.15 bits per heavy atom. The van der Waals surface area contributed by atoms with Gasteiger partial charge in [0.05, 0.1) is 11.2 Å². The molecule has 4 heterocycles. The number of carbonyl (C=O) groups is 1. The molecule has 6 nitrogen and oxygen atoms in total. The highest BCUT2D eigenvalue weighted by Crippen LogP contribution is 2.36. The number of aromatic nitrogens is 2. The highest BCUT2D eigenvalue weighted by Gasteiger charge is 2.32. The maximum Gasteiger partial charge on any atom is 0.320 e. The standard InChI is InChI=1S/C21H22N4O2/c1-14-4-7-25-17(10-14)12-19(23-25)18-11-15-2-3-16(13-20(15)27-21(18)26)24-8-5-22-6-9-24/h2-4,7,10,12-13,18,22H,5-6,8-9,11H2,1H3. The fourth-order valence-electron chi connectivity index (χ4n) is 3.93. The number of nitrogens with one attached hydrogen (secondary N) is 1. The van der Waals surface area contributed by atoms with Crippen LogP contribution in [0.5, 0.6) is 5.75 Å². The number of pyridine rings is 1. The molecule has 5 rings (SSSR count).